The van der Waals surface area contributed by atoms with Gasteiger partial charge >= 0.3 is 11.8 Å². The van der Waals surface area contributed by atoms with Crippen LogP contribution in [0.15, 0.2) is 24.3 Å². The Bertz CT molecular complexity index is 655. The summed E-state index contributed by atoms with van der Waals surface area (Å²) in [4.78, 5) is 23.4. The van der Waals surface area contributed by atoms with Crippen LogP contribution in [-0.4, -0.2) is 37.8 Å². The van der Waals surface area contributed by atoms with Crippen LogP contribution in [0.25, 0.3) is 0 Å². The van der Waals surface area contributed by atoms with Crippen molar-refractivity contribution in [2.75, 3.05) is 11.5 Å². The molecule has 1 aromatic rings. The maximum atomic E-state index is 11.7. The van der Waals surface area contributed by atoms with Crippen molar-refractivity contribution < 1.29 is 18.0 Å². The number of nitrogens with one attached hydrogen (secondary N) is 2. The predicted molar refractivity (Wildman–Crippen MR) is 78.2 cm³/mol. The van der Waals surface area contributed by atoms with Crippen molar-refractivity contribution in [3.63, 3.8) is 0 Å². The average Bonchev–Trinajstić information content (AvgIpc) is 2.76. The second-order valence-corrected chi connectivity index (χ2v) is 7.41. The SMILES string of the molecule is Cc1ccccc1CNC(=O)C(=O)NC1CCS(=O)(=O)C1. The van der Waals surface area contributed by atoms with Gasteiger partial charge in [0.15, 0.2) is 9.84 Å². The summed E-state index contributed by atoms with van der Waals surface area (Å²) in [5.74, 6) is -1.57. The van der Waals surface area contributed by atoms with Crippen molar-refractivity contribution in [3.8, 4) is 0 Å². The van der Waals surface area contributed by atoms with E-state index in [9.17, 15) is 18.0 Å². The third kappa shape index (κ3) is 4.29. The fourth-order valence-electron chi connectivity index (χ4n) is 2.22. The molecule has 1 aliphatic heterocycles. The zero-order valence-electron chi connectivity index (χ0n) is 11.8. The second-order valence-electron chi connectivity index (χ2n) is 5.18. The van der Waals surface area contributed by atoms with E-state index >= 15 is 0 Å². The summed E-state index contributed by atoms with van der Waals surface area (Å²) in [5, 5.41) is 4.99. The Labute approximate surface area is 123 Å². The highest BCUT2D eigenvalue weighted by atomic mass is 32.2. The molecule has 21 heavy (non-hydrogen) atoms. The molecule has 7 heteroatoms. The van der Waals surface area contributed by atoms with Crippen molar-refractivity contribution in [1.82, 2.24) is 10.6 Å². The van der Waals surface area contributed by atoms with Crippen LogP contribution in [0.2, 0.25) is 0 Å². The molecule has 1 fully saturated rings. The molecular weight excluding hydrogens is 292 g/mol. The molecule has 0 saturated carbocycles. The van der Waals surface area contributed by atoms with Crippen molar-refractivity contribution in [2.24, 2.45) is 0 Å². The fourth-order valence-corrected chi connectivity index (χ4v) is 3.90. The summed E-state index contributed by atoms with van der Waals surface area (Å²) in [5.41, 5.74) is 1.96. The highest BCUT2D eigenvalue weighted by molar-refractivity contribution is 7.91. The minimum atomic E-state index is -3.07. The third-order valence-electron chi connectivity index (χ3n) is 3.47. The summed E-state index contributed by atoms with van der Waals surface area (Å²) in [6.45, 7) is 2.19. The van der Waals surface area contributed by atoms with E-state index in [1.54, 1.807) is 0 Å². The molecule has 2 amide bonds. The Kier molecular flexibility index (Phi) is 4.62. The van der Waals surface area contributed by atoms with E-state index in [1.807, 2.05) is 31.2 Å². The maximum absolute atomic E-state index is 11.7. The summed E-state index contributed by atoms with van der Waals surface area (Å²) >= 11 is 0. The van der Waals surface area contributed by atoms with Crippen LogP contribution in [0.4, 0.5) is 0 Å². The van der Waals surface area contributed by atoms with E-state index in [2.05, 4.69) is 10.6 Å². The molecule has 1 saturated heterocycles. The van der Waals surface area contributed by atoms with E-state index < -0.39 is 27.7 Å². The van der Waals surface area contributed by atoms with E-state index in [1.165, 1.54) is 0 Å². The summed E-state index contributed by atoms with van der Waals surface area (Å²) in [6.07, 6.45) is 0.360. The quantitative estimate of drug-likeness (QED) is 0.764. The van der Waals surface area contributed by atoms with Crippen molar-refractivity contribution in [2.45, 2.75) is 25.9 Å². The molecule has 1 unspecified atom stereocenters. The lowest BCUT2D eigenvalue weighted by Crippen LogP contribution is -2.44. The number of rotatable bonds is 3. The Balaban J connectivity index is 1.83. The van der Waals surface area contributed by atoms with Crippen LogP contribution in [0.1, 0.15) is 17.5 Å². The first-order valence-electron chi connectivity index (χ1n) is 6.71. The Morgan fingerprint density at radius 3 is 2.57 bits per heavy atom. The molecule has 1 atom stereocenters. The molecule has 2 N–H and O–H groups in total. The number of carbonyl (C=O) groups excluding carboxylic acids is 2. The zero-order valence-corrected chi connectivity index (χ0v) is 12.6. The van der Waals surface area contributed by atoms with Gasteiger partial charge in [-0.1, -0.05) is 24.3 Å². The highest BCUT2D eigenvalue weighted by Crippen LogP contribution is 2.11. The molecule has 0 aliphatic carbocycles. The number of amides is 2. The largest absolute Gasteiger partial charge is 0.344 e. The Morgan fingerprint density at radius 1 is 1.24 bits per heavy atom. The van der Waals surface area contributed by atoms with E-state index in [-0.39, 0.29) is 18.1 Å². The third-order valence-corrected chi connectivity index (χ3v) is 5.24. The molecule has 0 spiro atoms. The van der Waals surface area contributed by atoms with Gasteiger partial charge in [0.2, 0.25) is 0 Å². The molecule has 0 bridgehead atoms. The Morgan fingerprint density at radius 2 is 1.95 bits per heavy atom. The molecule has 0 radical (unpaired) electrons. The first-order chi connectivity index (χ1) is 9.87. The lowest BCUT2D eigenvalue weighted by Gasteiger charge is -2.11. The average molecular weight is 310 g/mol. The molecule has 114 valence electrons. The highest BCUT2D eigenvalue weighted by Gasteiger charge is 2.30. The van der Waals surface area contributed by atoms with Gasteiger partial charge in [-0.05, 0) is 24.5 Å². The van der Waals surface area contributed by atoms with Crippen LogP contribution in [0.5, 0.6) is 0 Å². The van der Waals surface area contributed by atoms with Crippen LogP contribution in [-0.2, 0) is 26.0 Å². The molecule has 0 aromatic heterocycles. The van der Waals surface area contributed by atoms with Gasteiger partial charge in [-0.3, -0.25) is 9.59 Å². The monoisotopic (exact) mass is 310 g/mol. The topological polar surface area (TPSA) is 92.3 Å². The van der Waals surface area contributed by atoms with Crippen LogP contribution in [0.3, 0.4) is 0 Å². The van der Waals surface area contributed by atoms with Gasteiger partial charge in [0.05, 0.1) is 11.5 Å². The van der Waals surface area contributed by atoms with Gasteiger partial charge in [0.25, 0.3) is 0 Å². The maximum Gasteiger partial charge on any atom is 0.309 e. The van der Waals surface area contributed by atoms with Crippen molar-refractivity contribution >= 4 is 21.7 Å². The van der Waals surface area contributed by atoms with Gasteiger partial charge in [-0.2, -0.15) is 0 Å². The summed E-state index contributed by atoms with van der Waals surface area (Å²) < 4.78 is 22.6. The number of carbonyl (C=O) groups is 2. The Hall–Kier alpha value is -1.89. The minimum absolute atomic E-state index is 0.0583. The van der Waals surface area contributed by atoms with E-state index in [0.29, 0.717) is 6.42 Å². The van der Waals surface area contributed by atoms with E-state index in [0.717, 1.165) is 11.1 Å². The number of hydrogen-bond acceptors (Lipinski definition) is 4. The van der Waals surface area contributed by atoms with Crippen LogP contribution < -0.4 is 10.6 Å². The number of sulfone groups is 1. The zero-order chi connectivity index (χ0) is 15.5. The van der Waals surface area contributed by atoms with Gasteiger partial charge in [-0.25, -0.2) is 8.42 Å². The number of hydrogen-bond donors (Lipinski definition) is 2. The van der Waals surface area contributed by atoms with Gasteiger partial charge in [0.1, 0.15) is 0 Å². The van der Waals surface area contributed by atoms with E-state index in [4.69, 9.17) is 0 Å². The lowest BCUT2D eigenvalue weighted by molar-refractivity contribution is -0.139. The minimum Gasteiger partial charge on any atom is -0.344 e. The second kappa shape index (κ2) is 6.26. The van der Waals surface area contributed by atoms with Gasteiger partial charge < -0.3 is 10.6 Å². The van der Waals surface area contributed by atoms with Crippen molar-refractivity contribution in [1.29, 1.82) is 0 Å². The molecular formula is C14H18N2O4S. The molecule has 2 rings (SSSR count). The van der Waals surface area contributed by atoms with Gasteiger partial charge in [0, 0.05) is 12.6 Å². The van der Waals surface area contributed by atoms with Crippen LogP contribution in [0, 0.1) is 6.92 Å². The standard InChI is InChI=1S/C14H18N2O4S/c1-10-4-2-3-5-11(10)8-15-13(17)14(18)16-12-6-7-21(19,20)9-12/h2-5,12H,6-9H2,1H3,(H,15,17)(H,16,18). The summed E-state index contributed by atoms with van der Waals surface area (Å²) in [6, 6.07) is 7.08. The molecule has 1 aliphatic rings. The number of benzene rings is 1. The number of aryl methyl sites for hydroxylation is 1. The normalized spacial score (nSPS) is 20.0. The van der Waals surface area contributed by atoms with Gasteiger partial charge in [-0.15, -0.1) is 0 Å². The first-order valence-corrected chi connectivity index (χ1v) is 8.53. The lowest BCUT2D eigenvalue weighted by atomic mass is 10.1. The first kappa shape index (κ1) is 15.5. The molecule has 1 aromatic carbocycles. The molecule has 6 nitrogen and oxygen atoms in total. The predicted octanol–water partition coefficient (Wildman–Crippen LogP) is -0.0855. The molecule has 1 heterocycles. The smallest absolute Gasteiger partial charge is 0.309 e. The van der Waals surface area contributed by atoms with Crippen molar-refractivity contribution in [3.05, 3.63) is 35.4 Å². The summed E-state index contributed by atoms with van der Waals surface area (Å²) in [7, 11) is -3.07. The van der Waals surface area contributed by atoms with Crippen LogP contribution >= 0.6 is 0 Å². The fraction of sp³-hybridized carbons (Fsp3) is 0.429.